The third-order valence-electron chi connectivity index (χ3n) is 12.1. The summed E-state index contributed by atoms with van der Waals surface area (Å²) in [5.74, 6) is -1.18. The minimum atomic E-state index is -0.750. The molecule has 0 radical (unpaired) electrons. The summed E-state index contributed by atoms with van der Waals surface area (Å²) < 4.78 is 37.7. The van der Waals surface area contributed by atoms with Crippen LogP contribution in [0.4, 0.5) is 21.0 Å². The van der Waals surface area contributed by atoms with Crippen LogP contribution >= 0.6 is 22.9 Å². The summed E-state index contributed by atoms with van der Waals surface area (Å²) in [7, 11) is 0. The maximum absolute atomic E-state index is 14.6. The van der Waals surface area contributed by atoms with Crippen LogP contribution in [0, 0.1) is 11.2 Å². The molecule has 0 bridgehead atoms. The van der Waals surface area contributed by atoms with Gasteiger partial charge < -0.3 is 45.1 Å². The zero-order chi connectivity index (χ0) is 47.7. The van der Waals surface area contributed by atoms with E-state index in [-0.39, 0.29) is 59.9 Å². The van der Waals surface area contributed by atoms with E-state index in [9.17, 15) is 28.4 Å². The molecule has 2 fully saturated rings. The molecule has 364 valence electrons. The molecule has 2 aromatic carbocycles. The van der Waals surface area contributed by atoms with Crippen LogP contribution in [0.25, 0.3) is 0 Å². The molecule has 4 heterocycles. The highest BCUT2D eigenvalue weighted by atomic mass is 35.5. The van der Waals surface area contributed by atoms with Gasteiger partial charge in [-0.15, -0.1) is 11.3 Å². The normalized spacial score (nSPS) is 19.1. The van der Waals surface area contributed by atoms with E-state index in [0.29, 0.717) is 120 Å². The molecule has 1 saturated carbocycles. The molecule has 1 unspecified atom stereocenters. The lowest BCUT2D eigenvalue weighted by molar-refractivity contribution is -0.137. The number of imide groups is 1. The first-order valence-corrected chi connectivity index (χ1v) is 24.4. The molecular formula is C48H58ClFN8O9S. The Morgan fingerprint density at radius 3 is 2.41 bits per heavy atom. The summed E-state index contributed by atoms with van der Waals surface area (Å²) in [6.07, 6.45) is 6.24. The van der Waals surface area contributed by atoms with E-state index in [4.69, 9.17) is 35.5 Å². The minimum Gasteiger partial charge on any atom is -0.487 e. The number of rotatable bonds is 26. The molecule has 0 spiro atoms. The fourth-order valence-electron chi connectivity index (χ4n) is 8.58. The monoisotopic (exact) mass is 976 g/mol. The number of nitrogens with zero attached hydrogens (tertiary/aromatic N) is 3. The molecule has 3 aliphatic rings. The van der Waals surface area contributed by atoms with Crippen LogP contribution in [0.15, 0.2) is 66.2 Å². The average Bonchev–Trinajstić information content (AvgIpc) is 3.97. The van der Waals surface area contributed by atoms with Crippen LogP contribution in [0.5, 0.6) is 5.75 Å². The van der Waals surface area contributed by atoms with E-state index in [2.05, 4.69) is 31.6 Å². The van der Waals surface area contributed by atoms with Gasteiger partial charge in [0.1, 0.15) is 11.9 Å². The van der Waals surface area contributed by atoms with Crippen molar-refractivity contribution in [1.29, 1.82) is 0 Å². The quantitative estimate of drug-likeness (QED) is 0.0364. The van der Waals surface area contributed by atoms with E-state index in [0.717, 1.165) is 23.8 Å². The third kappa shape index (κ3) is 14.0. The van der Waals surface area contributed by atoms with Crippen molar-refractivity contribution in [1.82, 2.24) is 30.8 Å². The number of hydrogen-bond donors (Lipinski definition) is 5. The van der Waals surface area contributed by atoms with Crippen LogP contribution in [0.2, 0.25) is 5.02 Å². The summed E-state index contributed by atoms with van der Waals surface area (Å²) >= 11 is 7.45. The Kier molecular flexibility index (Phi) is 18.6. The number of thiazole rings is 1. The van der Waals surface area contributed by atoms with E-state index in [1.807, 2.05) is 23.6 Å². The van der Waals surface area contributed by atoms with Gasteiger partial charge >= 0.3 is 0 Å². The number of amides is 5. The minimum absolute atomic E-state index is 0.000116. The van der Waals surface area contributed by atoms with E-state index >= 15 is 0 Å². The van der Waals surface area contributed by atoms with Gasteiger partial charge in [0.2, 0.25) is 23.6 Å². The molecule has 1 aliphatic carbocycles. The van der Waals surface area contributed by atoms with Gasteiger partial charge in [0, 0.05) is 73.0 Å². The predicted molar refractivity (Wildman–Crippen MR) is 253 cm³/mol. The first kappa shape index (κ1) is 50.3. The lowest BCUT2D eigenvalue weighted by atomic mass is 9.69. The number of carbonyl (C=O) groups excluding carboxylic acids is 5. The number of benzene rings is 2. The van der Waals surface area contributed by atoms with E-state index < -0.39 is 23.2 Å². The van der Waals surface area contributed by atoms with Gasteiger partial charge in [-0.2, -0.15) is 0 Å². The molecule has 20 heteroatoms. The number of hydrogen-bond acceptors (Lipinski definition) is 14. The van der Waals surface area contributed by atoms with Gasteiger partial charge in [0.25, 0.3) is 5.91 Å². The Morgan fingerprint density at radius 1 is 0.897 bits per heavy atom. The van der Waals surface area contributed by atoms with Crippen LogP contribution in [-0.4, -0.2) is 116 Å². The number of anilines is 3. The van der Waals surface area contributed by atoms with Crippen LogP contribution in [0.1, 0.15) is 79.4 Å². The number of ether oxygens (including phenoxy) is 4. The Labute approximate surface area is 403 Å². The zero-order valence-electron chi connectivity index (χ0n) is 37.8. The van der Waals surface area contributed by atoms with Crippen LogP contribution < -0.4 is 31.3 Å². The van der Waals surface area contributed by atoms with Gasteiger partial charge in [0.05, 0.1) is 56.2 Å². The van der Waals surface area contributed by atoms with Crippen LogP contribution in [0.3, 0.4) is 0 Å². The van der Waals surface area contributed by atoms with Gasteiger partial charge in [0.15, 0.2) is 16.7 Å². The number of carbonyl (C=O) groups is 5. The molecule has 5 amide bonds. The fraction of sp³-hybridized carbons (Fsp3) is 0.479. The van der Waals surface area contributed by atoms with Gasteiger partial charge in [-0.05, 0) is 87.9 Å². The maximum atomic E-state index is 14.6. The van der Waals surface area contributed by atoms with Crippen molar-refractivity contribution in [2.75, 3.05) is 69.9 Å². The Balaban J connectivity index is 0.720. The molecule has 68 heavy (non-hydrogen) atoms. The molecule has 17 nitrogen and oxygen atoms in total. The largest absolute Gasteiger partial charge is 0.487 e. The Bertz CT molecular complexity index is 2350. The Hall–Kier alpha value is -5.57. The van der Waals surface area contributed by atoms with Gasteiger partial charge in [-0.1, -0.05) is 29.8 Å². The summed E-state index contributed by atoms with van der Waals surface area (Å²) in [4.78, 5) is 74.3. The second kappa shape index (κ2) is 25.2. The number of piperidine rings is 1. The highest BCUT2D eigenvalue weighted by Gasteiger charge is 2.43. The summed E-state index contributed by atoms with van der Waals surface area (Å²) in [6.45, 7) is 4.29. The molecule has 1 atom stereocenters. The lowest BCUT2D eigenvalue weighted by Gasteiger charge is -2.39. The fourth-order valence-corrected chi connectivity index (χ4v) is 9.28. The van der Waals surface area contributed by atoms with Crippen molar-refractivity contribution in [2.45, 2.75) is 82.9 Å². The van der Waals surface area contributed by atoms with Crippen molar-refractivity contribution in [3.63, 3.8) is 0 Å². The standard InChI is InChI=1S/C48H58ClFN8O9S/c49-36-8-5-10-39(43(36)50)67-33-15-17-48(18-16-33,30-32-6-3-11-40(54-32)56-47-53-22-29-68-47)46(63)52-21-24-65-26-28-66-27-25-64-23-20-51-19-2-1-12-41(59)55-37-9-4-7-34-35(37)31-58(45(34)62)38-13-14-42(60)57-44(38)61/h3-11,22,29,33,38,51H,1-2,12-21,23-28,30-31H2,(H,52,63)(H,55,59)(H,53,54,56)(H,57,60,61). The van der Waals surface area contributed by atoms with E-state index in [1.54, 1.807) is 36.5 Å². The molecule has 5 N–H and O–H groups in total. The van der Waals surface area contributed by atoms with E-state index in [1.165, 1.54) is 22.3 Å². The first-order chi connectivity index (χ1) is 33.1. The number of fused-ring (bicyclic) bond motifs is 1. The number of halogens is 2. The van der Waals surface area contributed by atoms with Crippen molar-refractivity contribution < 1.29 is 47.3 Å². The molecule has 1 saturated heterocycles. The zero-order valence-corrected chi connectivity index (χ0v) is 39.4. The van der Waals surface area contributed by atoms with Crippen molar-refractivity contribution >= 4 is 69.1 Å². The van der Waals surface area contributed by atoms with Gasteiger partial charge in [-0.25, -0.2) is 14.4 Å². The smallest absolute Gasteiger partial charge is 0.255 e. The number of unbranched alkanes of at least 4 members (excludes halogenated alkanes) is 1. The van der Waals surface area contributed by atoms with Crippen LogP contribution in [-0.2, 0) is 46.4 Å². The number of pyridine rings is 1. The molecule has 2 aromatic heterocycles. The summed E-state index contributed by atoms with van der Waals surface area (Å²) in [5.41, 5.74) is 1.70. The van der Waals surface area contributed by atoms with Crippen molar-refractivity contribution in [2.24, 2.45) is 5.41 Å². The van der Waals surface area contributed by atoms with Crippen molar-refractivity contribution in [3.8, 4) is 5.75 Å². The predicted octanol–water partition coefficient (Wildman–Crippen LogP) is 5.95. The highest BCUT2D eigenvalue weighted by Crippen LogP contribution is 2.41. The summed E-state index contributed by atoms with van der Waals surface area (Å²) in [5, 5.41) is 17.5. The third-order valence-corrected chi connectivity index (χ3v) is 13.1. The number of nitrogens with one attached hydrogen (secondary N) is 5. The molecule has 2 aliphatic heterocycles. The lowest BCUT2D eigenvalue weighted by Crippen LogP contribution is -2.52. The average molecular weight is 978 g/mol. The topological polar surface area (TPSA) is 211 Å². The highest BCUT2D eigenvalue weighted by molar-refractivity contribution is 7.13. The number of aromatic nitrogens is 2. The summed E-state index contributed by atoms with van der Waals surface area (Å²) in [6, 6.07) is 14.8. The molecule has 4 aromatic rings. The maximum Gasteiger partial charge on any atom is 0.255 e. The molecule has 7 rings (SSSR count). The molecular weight excluding hydrogens is 919 g/mol. The van der Waals surface area contributed by atoms with Crippen molar-refractivity contribution in [3.05, 3.63) is 93.8 Å². The second-order valence-corrected chi connectivity index (χ2v) is 18.2. The Morgan fingerprint density at radius 2 is 1.65 bits per heavy atom. The van der Waals surface area contributed by atoms with Gasteiger partial charge in [-0.3, -0.25) is 29.3 Å². The first-order valence-electron chi connectivity index (χ1n) is 23.1. The SMILES string of the molecule is O=C1CCC(N2Cc3c(NC(=O)CCCCNCCOCCOCCOCCNC(=O)C4(Cc5cccc(Nc6nccs6)n5)CCC(Oc5cccc(Cl)c5F)CC4)cccc3C2=O)C(=O)N1. The second-order valence-electron chi connectivity index (χ2n) is 16.9.